The highest BCUT2D eigenvalue weighted by Gasteiger charge is 2.44. The number of aromatic nitrogens is 1. The molecule has 1 saturated heterocycles. The Morgan fingerprint density at radius 1 is 1.29 bits per heavy atom. The fourth-order valence-corrected chi connectivity index (χ4v) is 2.94. The van der Waals surface area contributed by atoms with Crippen molar-refractivity contribution in [3.05, 3.63) is 60.2 Å². The van der Waals surface area contributed by atoms with Crippen molar-refractivity contribution in [2.24, 2.45) is 0 Å². The highest BCUT2D eigenvalue weighted by molar-refractivity contribution is 5.78. The minimum Gasteiger partial charge on any atom is -0.478 e. The number of ether oxygens (including phenoxy) is 1. The van der Waals surface area contributed by atoms with Gasteiger partial charge in [-0.3, -0.25) is 9.88 Å². The number of hydrogen-bond donors (Lipinski definition) is 1. The minimum absolute atomic E-state index is 0.248. The molecule has 1 aliphatic heterocycles. The minimum atomic E-state index is -1.31. The van der Waals surface area contributed by atoms with Gasteiger partial charge in [0.25, 0.3) is 0 Å². The molecule has 0 spiro atoms. The van der Waals surface area contributed by atoms with Crippen LogP contribution in [0.2, 0.25) is 0 Å². The molecule has 0 aliphatic carbocycles. The first kappa shape index (κ1) is 16.4. The van der Waals surface area contributed by atoms with Crippen molar-refractivity contribution < 1.29 is 19.0 Å². The largest absolute Gasteiger partial charge is 0.478 e. The van der Waals surface area contributed by atoms with Crippen LogP contribution in [0.25, 0.3) is 0 Å². The van der Waals surface area contributed by atoms with E-state index >= 15 is 0 Å². The number of nitrogens with zero attached hydrogens (tertiary/aromatic N) is 2. The van der Waals surface area contributed by atoms with Gasteiger partial charge in [0.1, 0.15) is 11.6 Å². The van der Waals surface area contributed by atoms with Gasteiger partial charge in [-0.1, -0.05) is 12.1 Å². The molecule has 126 valence electrons. The zero-order valence-electron chi connectivity index (χ0n) is 13.2. The molecule has 24 heavy (non-hydrogen) atoms. The van der Waals surface area contributed by atoms with Crippen LogP contribution in [-0.4, -0.2) is 39.7 Å². The van der Waals surface area contributed by atoms with Crippen LogP contribution in [0, 0.1) is 5.82 Å². The van der Waals surface area contributed by atoms with Gasteiger partial charge in [0.15, 0.2) is 0 Å². The second-order valence-corrected chi connectivity index (χ2v) is 6.00. The summed E-state index contributed by atoms with van der Waals surface area (Å²) in [5.41, 5.74) is -0.217. The number of halogens is 1. The van der Waals surface area contributed by atoms with Crippen molar-refractivity contribution in [3.63, 3.8) is 0 Å². The van der Waals surface area contributed by atoms with E-state index in [1.54, 1.807) is 12.3 Å². The Bertz CT molecular complexity index is 700. The summed E-state index contributed by atoms with van der Waals surface area (Å²) in [6.07, 6.45) is 4.22. The van der Waals surface area contributed by atoms with Gasteiger partial charge < -0.3 is 9.84 Å². The van der Waals surface area contributed by atoms with E-state index in [0.29, 0.717) is 25.9 Å². The summed E-state index contributed by atoms with van der Waals surface area (Å²) in [5.74, 6) is -1.20. The summed E-state index contributed by atoms with van der Waals surface area (Å²) < 4.78 is 19.0. The first-order valence-corrected chi connectivity index (χ1v) is 7.87. The van der Waals surface area contributed by atoms with Crippen LogP contribution >= 0.6 is 0 Å². The SMILES string of the molecule is O=C(O)C1(Oc2cccc(F)c2)CCN(Cc2cccnc2)CC1. The average Bonchev–Trinajstić information content (AvgIpc) is 2.57. The van der Waals surface area contributed by atoms with E-state index in [-0.39, 0.29) is 5.75 Å². The molecular formula is C18H19FN2O3. The quantitative estimate of drug-likeness (QED) is 0.913. The van der Waals surface area contributed by atoms with Gasteiger partial charge in [-0.15, -0.1) is 0 Å². The third-order valence-corrected chi connectivity index (χ3v) is 4.29. The Hall–Kier alpha value is -2.47. The summed E-state index contributed by atoms with van der Waals surface area (Å²) in [7, 11) is 0. The van der Waals surface area contributed by atoms with Gasteiger partial charge >= 0.3 is 5.97 Å². The van der Waals surface area contributed by atoms with Gasteiger partial charge in [-0.2, -0.15) is 0 Å². The maximum Gasteiger partial charge on any atom is 0.348 e. The number of piperidine rings is 1. The Balaban J connectivity index is 1.67. The fraction of sp³-hybridized carbons (Fsp3) is 0.333. The zero-order valence-corrected chi connectivity index (χ0v) is 13.2. The molecule has 1 aromatic heterocycles. The van der Waals surface area contributed by atoms with Crippen LogP contribution in [0.3, 0.4) is 0 Å². The highest BCUT2D eigenvalue weighted by atomic mass is 19.1. The molecule has 1 N–H and O–H groups in total. The lowest BCUT2D eigenvalue weighted by Crippen LogP contribution is -2.53. The number of pyridine rings is 1. The lowest BCUT2D eigenvalue weighted by Gasteiger charge is -2.38. The van der Waals surface area contributed by atoms with Crippen molar-refractivity contribution in [2.45, 2.75) is 25.0 Å². The van der Waals surface area contributed by atoms with Crippen molar-refractivity contribution in [1.29, 1.82) is 0 Å². The fourth-order valence-electron chi connectivity index (χ4n) is 2.94. The third-order valence-electron chi connectivity index (χ3n) is 4.29. The first-order valence-electron chi connectivity index (χ1n) is 7.87. The summed E-state index contributed by atoms with van der Waals surface area (Å²) in [5, 5.41) is 9.65. The molecule has 2 heterocycles. The molecule has 0 amide bonds. The third kappa shape index (κ3) is 3.71. The number of carbonyl (C=O) groups is 1. The van der Waals surface area contributed by atoms with Crippen molar-refractivity contribution >= 4 is 5.97 Å². The van der Waals surface area contributed by atoms with Gasteiger partial charge in [0.05, 0.1) is 0 Å². The molecule has 3 rings (SSSR count). The summed E-state index contributed by atoms with van der Waals surface area (Å²) >= 11 is 0. The molecule has 0 bridgehead atoms. The molecule has 0 radical (unpaired) electrons. The predicted molar refractivity (Wildman–Crippen MR) is 86.1 cm³/mol. The van der Waals surface area contributed by atoms with Crippen LogP contribution < -0.4 is 4.74 Å². The van der Waals surface area contributed by atoms with Gasteiger partial charge in [-0.05, 0) is 23.8 Å². The summed E-state index contributed by atoms with van der Waals surface area (Å²) in [4.78, 5) is 18.0. The van der Waals surface area contributed by atoms with E-state index in [1.807, 2.05) is 18.3 Å². The number of rotatable bonds is 5. The topological polar surface area (TPSA) is 62.7 Å². The van der Waals surface area contributed by atoms with E-state index in [9.17, 15) is 14.3 Å². The maximum absolute atomic E-state index is 13.3. The first-order chi connectivity index (χ1) is 11.6. The molecule has 0 atom stereocenters. The van der Waals surface area contributed by atoms with Crippen LogP contribution in [0.4, 0.5) is 4.39 Å². The van der Waals surface area contributed by atoms with Crippen LogP contribution in [0.1, 0.15) is 18.4 Å². The number of carboxylic acids is 1. The molecule has 2 aromatic rings. The summed E-state index contributed by atoms with van der Waals surface area (Å²) in [6, 6.07) is 9.49. The second-order valence-electron chi connectivity index (χ2n) is 6.00. The van der Waals surface area contributed by atoms with Gasteiger partial charge in [0, 0.05) is 50.9 Å². The van der Waals surface area contributed by atoms with Gasteiger partial charge in [-0.25, -0.2) is 9.18 Å². The predicted octanol–water partition coefficient (Wildman–Crippen LogP) is 2.72. The standard InChI is InChI=1S/C18H19FN2O3/c19-15-4-1-5-16(11-15)24-18(17(22)23)6-9-21(10-7-18)13-14-3-2-8-20-12-14/h1-5,8,11-12H,6-7,9-10,13H2,(H,22,23). The number of carboxylic acid groups (broad SMARTS) is 1. The highest BCUT2D eigenvalue weighted by Crippen LogP contribution is 2.30. The lowest BCUT2D eigenvalue weighted by molar-refractivity contribution is -0.159. The smallest absolute Gasteiger partial charge is 0.348 e. The molecule has 5 nitrogen and oxygen atoms in total. The lowest BCUT2D eigenvalue weighted by atomic mass is 9.90. The molecule has 6 heteroatoms. The van der Waals surface area contributed by atoms with E-state index in [1.165, 1.54) is 18.2 Å². The summed E-state index contributed by atoms with van der Waals surface area (Å²) in [6.45, 7) is 1.91. The Kier molecular flexibility index (Phi) is 4.76. The van der Waals surface area contributed by atoms with Crippen molar-refractivity contribution in [2.75, 3.05) is 13.1 Å². The van der Waals surface area contributed by atoms with E-state index in [4.69, 9.17) is 4.74 Å². The number of hydrogen-bond acceptors (Lipinski definition) is 4. The van der Waals surface area contributed by atoms with Crippen LogP contribution in [-0.2, 0) is 11.3 Å². The molecule has 0 unspecified atom stereocenters. The molecule has 1 fully saturated rings. The van der Waals surface area contributed by atoms with Gasteiger partial charge in [0.2, 0.25) is 5.60 Å². The maximum atomic E-state index is 13.3. The van der Waals surface area contributed by atoms with Crippen LogP contribution in [0.5, 0.6) is 5.75 Å². The molecule has 1 aromatic carbocycles. The number of aliphatic carboxylic acids is 1. The Morgan fingerprint density at radius 3 is 2.71 bits per heavy atom. The van der Waals surface area contributed by atoms with E-state index < -0.39 is 17.4 Å². The Labute approximate surface area is 139 Å². The average molecular weight is 330 g/mol. The Morgan fingerprint density at radius 2 is 2.08 bits per heavy atom. The zero-order chi connectivity index (χ0) is 17.0. The molecule has 0 saturated carbocycles. The van der Waals surface area contributed by atoms with E-state index in [2.05, 4.69) is 9.88 Å². The number of likely N-dealkylation sites (tertiary alicyclic amines) is 1. The molecule has 1 aliphatic rings. The van der Waals surface area contributed by atoms with Crippen molar-refractivity contribution in [3.8, 4) is 5.75 Å². The van der Waals surface area contributed by atoms with E-state index in [0.717, 1.165) is 12.1 Å². The monoisotopic (exact) mass is 330 g/mol. The van der Waals surface area contributed by atoms with Crippen LogP contribution in [0.15, 0.2) is 48.8 Å². The number of benzene rings is 1. The normalized spacial score (nSPS) is 17.4. The second kappa shape index (κ2) is 6.97. The van der Waals surface area contributed by atoms with Crippen molar-refractivity contribution in [1.82, 2.24) is 9.88 Å². The molecular weight excluding hydrogens is 311 g/mol.